The third kappa shape index (κ3) is 3.26. The molecule has 1 atom stereocenters. The first-order chi connectivity index (χ1) is 9.53. The van der Waals surface area contributed by atoms with Crippen LogP contribution in [0.3, 0.4) is 0 Å². The average Bonchev–Trinajstić information content (AvgIpc) is 3.22. The molecule has 3 rings (SSSR count). The molecule has 0 spiro atoms. The highest BCUT2D eigenvalue weighted by Crippen LogP contribution is 2.34. The van der Waals surface area contributed by atoms with Crippen LogP contribution >= 0.6 is 0 Å². The van der Waals surface area contributed by atoms with Gasteiger partial charge < -0.3 is 5.32 Å². The van der Waals surface area contributed by atoms with Crippen molar-refractivity contribution in [2.45, 2.75) is 43.9 Å². The van der Waals surface area contributed by atoms with Gasteiger partial charge in [0.1, 0.15) is 0 Å². The van der Waals surface area contributed by atoms with Gasteiger partial charge in [-0.15, -0.1) is 0 Å². The molecule has 1 aromatic carbocycles. The van der Waals surface area contributed by atoms with E-state index >= 15 is 0 Å². The first-order valence-corrected chi connectivity index (χ1v) is 7.17. The van der Waals surface area contributed by atoms with Crippen molar-refractivity contribution in [3.63, 3.8) is 0 Å². The second-order valence-corrected chi connectivity index (χ2v) is 5.75. The number of rotatable bonds is 3. The monoisotopic (exact) mass is 284 g/mol. The topological polar surface area (TPSA) is 15.3 Å². The van der Waals surface area contributed by atoms with Gasteiger partial charge in [0.2, 0.25) is 0 Å². The zero-order valence-corrected chi connectivity index (χ0v) is 11.3. The summed E-state index contributed by atoms with van der Waals surface area (Å²) in [5.74, 6) is 0. The summed E-state index contributed by atoms with van der Waals surface area (Å²) in [5.41, 5.74) is 2.27. The summed E-state index contributed by atoms with van der Waals surface area (Å²) in [6.07, 6.45) is -0.674. The Kier molecular flexibility index (Phi) is 3.63. The van der Waals surface area contributed by atoms with Crippen molar-refractivity contribution in [3.05, 3.63) is 29.8 Å². The lowest BCUT2D eigenvalue weighted by molar-refractivity contribution is -0.152. The molecule has 1 heterocycles. The summed E-state index contributed by atoms with van der Waals surface area (Å²) in [4.78, 5) is 1.67. The Morgan fingerprint density at radius 3 is 2.55 bits per heavy atom. The van der Waals surface area contributed by atoms with Crippen LogP contribution in [0, 0.1) is 0 Å². The molecule has 1 aromatic rings. The summed E-state index contributed by atoms with van der Waals surface area (Å²) in [6.45, 7) is -0.177. The fourth-order valence-corrected chi connectivity index (χ4v) is 3.02. The maximum absolute atomic E-state index is 12.8. The molecule has 1 saturated carbocycles. The van der Waals surface area contributed by atoms with Crippen LogP contribution in [-0.2, 0) is 6.42 Å². The SMILES string of the molecule is FC(F)(F)CN(C1CC1)C1CCc2ccccc2NC1. The zero-order chi connectivity index (χ0) is 14.2. The van der Waals surface area contributed by atoms with Crippen molar-refractivity contribution >= 4 is 5.69 Å². The summed E-state index contributed by atoms with van der Waals surface area (Å²) < 4.78 is 38.3. The van der Waals surface area contributed by atoms with Gasteiger partial charge in [-0.1, -0.05) is 18.2 Å². The normalized spacial score (nSPS) is 23.1. The summed E-state index contributed by atoms with van der Waals surface area (Å²) in [5, 5.41) is 3.32. The van der Waals surface area contributed by atoms with Crippen LogP contribution in [0.1, 0.15) is 24.8 Å². The zero-order valence-electron chi connectivity index (χ0n) is 11.3. The second-order valence-electron chi connectivity index (χ2n) is 5.75. The van der Waals surface area contributed by atoms with Crippen molar-refractivity contribution in [1.82, 2.24) is 4.90 Å². The molecule has 0 aromatic heterocycles. The Bertz CT molecular complexity index is 441. The van der Waals surface area contributed by atoms with E-state index in [1.54, 1.807) is 4.90 Å². The van der Waals surface area contributed by atoms with Crippen molar-refractivity contribution in [2.24, 2.45) is 0 Å². The molecule has 0 bridgehead atoms. The highest BCUT2D eigenvalue weighted by Gasteiger charge is 2.41. The Morgan fingerprint density at radius 2 is 1.85 bits per heavy atom. The average molecular weight is 284 g/mol. The molecule has 2 nitrogen and oxygen atoms in total. The van der Waals surface area contributed by atoms with Crippen molar-refractivity contribution in [3.8, 4) is 0 Å². The van der Waals surface area contributed by atoms with E-state index in [9.17, 15) is 13.2 Å². The minimum atomic E-state index is -4.11. The van der Waals surface area contributed by atoms with Gasteiger partial charge in [0.25, 0.3) is 0 Å². The van der Waals surface area contributed by atoms with E-state index in [1.165, 1.54) is 5.56 Å². The summed E-state index contributed by atoms with van der Waals surface area (Å²) in [7, 11) is 0. The minimum Gasteiger partial charge on any atom is -0.383 e. The lowest BCUT2D eigenvalue weighted by atomic mass is 10.0. The van der Waals surface area contributed by atoms with Gasteiger partial charge in [-0.25, -0.2) is 0 Å². The Morgan fingerprint density at radius 1 is 1.10 bits per heavy atom. The van der Waals surface area contributed by atoms with E-state index in [1.807, 2.05) is 18.2 Å². The Labute approximate surface area is 117 Å². The second kappa shape index (κ2) is 5.28. The largest absolute Gasteiger partial charge is 0.401 e. The van der Waals surface area contributed by atoms with Gasteiger partial charge in [-0.2, -0.15) is 13.2 Å². The lowest BCUT2D eigenvalue weighted by Gasteiger charge is -2.31. The molecule has 1 aliphatic carbocycles. The van der Waals surface area contributed by atoms with Crippen LogP contribution in [0.4, 0.5) is 18.9 Å². The highest BCUT2D eigenvalue weighted by molar-refractivity contribution is 5.52. The van der Waals surface area contributed by atoms with E-state index < -0.39 is 12.7 Å². The molecule has 110 valence electrons. The van der Waals surface area contributed by atoms with Gasteiger partial charge in [0.15, 0.2) is 0 Å². The van der Waals surface area contributed by atoms with Crippen LogP contribution in [0.2, 0.25) is 0 Å². The quantitative estimate of drug-likeness (QED) is 0.914. The van der Waals surface area contributed by atoms with Crippen LogP contribution in [0.15, 0.2) is 24.3 Å². The van der Waals surface area contributed by atoms with Crippen molar-refractivity contribution in [1.29, 1.82) is 0 Å². The Hall–Kier alpha value is -1.23. The van der Waals surface area contributed by atoms with E-state index in [0.717, 1.165) is 31.4 Å². The number of benzene rings is 1. The summed E-state index contributed by atoms with van der Waals surface area (Å²) in [6, 6.07) is 8.09. The van der Waals surface area contributed by atoms with Crippen molar-refractivity contribution in [2.75, 3.05) is 18.4 Å². The maximum Gasteiger partial charge on any atom is 0.401 e. The van der Waals surface area contributed by atoms with E-state index in [-0.39, 0.29) is 12.1 Å². The van der Waals surface area contributed by atoms with Crippen LogP contribution < -0.4 is 5.32 Å². The molecule has 1 aliphatic heterocycles. The predicted octanol–water partition coefficient (Wildman–Crippen LogP) is 3.44. The standard InChI is InChI=1S/C15H19F3N2/c16-15(17,18)10-20(12-7-8-12)13-6-5-11-3-1-2-4-14(11)19-9-13/h1-4,12-13,19H,5-10H2. The first kappa shape index (κ1) is 13.7. The molecule has 5 heteroatoms. The van der Waals surface area contributed by atoms with Crippen LogP contribution in [0.25, 0.3) is 0 Å². The number of alkyl halides is 3. The molecule has 1 N–H and O–H groups in total. The third-order valence-electron chi connectivity index (χ3n) is 4.14. The van der Waals surface area contributed by atoms with Crippen molar-refractivity contribution < 1.29 is 13.2 Å². The van der Waals surface area contributed by atoms with Crippen LogP contribution in [0.5, 0.6) is 0 Å². The molecule has 2 aliphatic rings. The van der Waals surface area contributed by atoms with Gasteiger partial charge in [0, 0.05) is 24.3 Å². The summed E-state index contributed by atoms with van der Waals surface area (Å²) >= 11 is 0. The molecule has 0 saturated heterocycles. The van der Waals surface area contributed by atoms with Gasteiger partial charge in [-0.3, -0.25) is 4.90 Å². The van der Waals surface area contributed by atoms with E-state index in [4.69, 9.17) is 0 Å². The number of para-hydroxylation sites is 1. The fourth-order valence-electron chi connectivity index (χ4n) is 3.02. The molecule has 20 heavy (non-hydrogen) atoms. The number of hydrogen-bond donors (Lipinski definition) is 1. The highest BCUT2D eigenvalue weighted by atomic mass is 19.4. The Balaban J connectivity index is 1.71. The number of aryl methyl sites for hydroxylation is 1. The number of nitrogens with zero attached hydrogens (tertiary/aromatic N) is 1. The molecular formula is C15H19F3N2. The molecule has 1 unspecified atom stereocenters. The molecule has 0 amide bonds. The van der Waals surface area contributed by atoms with Crippen LogP contribution in [-0.4, -0.2) is 36.2 Å². The smallest absolute Gasteiger partial charge is 0.383 e. The predicted molar refractivity (Wildman–Crippen MR) is 72.8 cm³/mol. The number of nitrogens with one attached hydrogen (secondary N) is 1. The molecular weight excluding hydrogens is 265 g/mol. The number of halogens is 3. The van der Waals surface area contributed by atoms with Gasteiger partial charge in [0.05, 0.1) is 6.54 Å². The fraction of sp³-hybridized carbons (Fsp3) is 0.600. The first-order valence-electron chi connectivity index (χ1n) is 7.17. The third-order valence-corrected chi connectivity index (χ3v) is 4.14. The number of hydrogen-bond acceptors (Lipinski definition) is 2. The van der Waals surface area contributed by atoms with Gasteiger partial charge >= 0.3 is 6.18 Å². The van der Waals surface area contributed by atoms with E-state index in [2.05, 4.69) is 11.4 Å². The number of fused-ring (bicyclic) bond motifs is 1. The molecule has 1 fully saturated rings. The van der Waals surface area contributed by atoms with Gasteiger partial charge in [-0.05, 0) is 37.3 Å². The number of anilines is 1. The maximum atomic E-state index is 12.8. The molecule has 0 radical (unpaired) electrons. The minimum absolute atomic E-state index is 0.0310. The lowest BCUT2D eigenvalue weighted by Crippen LogP contribution is -2.46. The van der Waals surface area contributed by atoms with E-state index in [0.29, 0.717) is 6.54 Å².